The van der Waals surface area contributed by atoms with Crippen LogP contribution < -0.4 is 4.74 Å². The highest BCUT2D eigenvalue weighted by Crippen LogP contribution is 2.32. The number of benzene rings is 2. The van der Waals surface area contributed by atoms with Crippen molar-refractivity contribution in [2.45, 2.75) is 20.0 Å². The van der Waals surface area contributed by atoms with Gasteiger partial charge in [0, 0.05) is 10.6 Å². The molecule has 100 valence electrons. The van der Waals surface area contributed by atoms with Crippen LogP contribution in [-0.2, 0) is 0 Å². The van der Waals surface area contributed by atoms with Crippen LogP contribution in [0.2, 0.25) is 5.02 Å². The Morgan fingerprint density at radius 1 is 1.11 bits per heavy atom. The van der Waals surface area contributed by atoms with Crippen LogP contribution >= 0.6 is 11.6 Å². The fraction of sp³-hybridized carbons (Fsp3) is 0.250. The molecule has 0 aliphatic heterocycles. The molecule has 0 aliphatic carbocycles. The van der Waals surface area contributed by atoms with E-state index in [-0.39, 0.29) is 0 Å². The molecule has 2 aromatic carbocycles. The highest BCUT2D eigenvalue weighted by atomic mass is 35.5. The van der Waals surface area contributed by atoms with E-state index in [4.69, 9.17) is 16.3 Å². The lowest BCUT2D eigenvalue weighted by Gasteiger charge is -2.16. The van der Waals surface area contributed by atoms with E-state index in [1.54, 1.807) is 13.2 Å². The van der Waals surface area contributed by atoms with Crippen molar-refractivity contribution in [3.8, 4) is 5.75 Å². The third-order valence-corrected chi connectivity index (χ3v) is 3.60. The molecule has 0 saturated carbocycles. The third-order valence-electron chi connectivity index (χ3n) is 3.19. The molecule has 1 N–H and O–H groups in total. The Kier molecular flexibility index (Phi) is 4.13. The van der Waals surface area contributed by atoms with Gasteiger partial charge < -0.3 is 9.84 Å². The molecule has 1 unspecified atom stereocenters. The first-order valence-electron chi connectivity index (χ1n) is 6.11. The molecular formula is C16H17ClO2. The molecule has 2 aromatic rings. The summed E-state index contributed by atoms with van der Waals surface area (Å²) in [6, 6.07) is 11.3. The lowest BCUT2D eigenvalue weighted by Crippen LogP contribution is -2.03. The zero-order valence-corrected chi connectivity index (χ0v) is 12.0. The number of methoxy groups -OCH3 is 1. The van der Waals surface area contributed by atoms with Crippen molar-refractivity contribution in [1.29, 1.82) is 0 Å². The molecular weight excluding hydrogens is 260 g/mol. The van der Waals surface area contributed by atoms with Gasteiger partial charge >= 0.3 is 0 Å². The lowest BCUT2D eigenvalue weighted by atomic mass is 9.98. The second-order valence-corrected chi connectivity index (χ2v) is 5.06. The predicted octanol–water partition coefficient (Wildman–Crippen LogP) is 4.05. The maximum Gasteiger partial charge on any atom is 0.125 e. The summed E-state index contributed by atoms with van der Waals surface area (Å²) in [5, 5.41) is 11.2. The van der Waals surface area contributed by atoms with Crippen LogP contribution in [0.3, 0.4) is 0 Å². The van der Waals surface area contributed by atoms with E-state index >= 15 is 0 Å². The molecule has 3 heteroatoms. The summed E-state index contributed by atoms with van der Waals surface area (Å²) in [6.07, 6.45) is -0.743. The summed E-state index contributed by atoms with van der Waals surface area (Å²) in [5.74, 6) is 0.676. The SMILES string of the molecule is COc1ccc(C)cc1C(O)c1ccc(C)c(Cl)c1. The quantitative estimate of drug-likeness (QED) is 0.916. The Labute approximate surface area is 118 Å². The molecule has 2 rings (SSSR count). The normalized spacial score (nSPS) is 12.3. The monoisotopic (exact) mass is 276 g/mol. The zero-order valence-electron chi connectivity index (χ0n) is 11.3. The first kappa shape index (κ1) is 13.9. The van der Waals surface area contributed by atoms with Crippen molar-refractivity contribution in [3.63, 3.8) is 0 Å². The number of hydrogen-bond acceptors (Lipinski definition) is 2. The first-order valence-corrected chi connectivity index (χ1v) is 6.49. The number of halogens is 1. The summed E-state index contributed by atoms with van der Waals surface area (Å²) in [7, 11) is 1.60. The van der Waals surface area contributed by atoms with Gasteiger partial charge in [-0.25, -0.2) is 0 Å². The van der Waals surface area contributed by atoms with Crippen LogP contribution in [0.25, 0.3) is 0 Å². The minimum absolute atomic E-state index is 0.656. The van der Waals surface area contributed by atoms with Gasteiger partial charge in [-0.2, -0.15) is 0 Å². The largest absolute Gasteiger partial charge is 0.496 e. The Morgan fingerprint density at radius 2 is 1.84 bits per heavy atom. The van der Waals surface area contributed by atoms with Gasteiger partial charge in [0.2, 0.25) is 0 Å². The van der Waals surface area contributed by atoms with Gasteiger partial charge in [0.1, 0.15) is 11.9 Å². The highest BCUT2D eigenvalue weighted by Gasteiger charge is 2.16. The summed E-state index contributed by atoms with van der Waals surface area (Å²) >= 11 is 6.11. The Morgan fingerprint density at radius 3 is 2.47 bits per heavy atom. The van der Waals surface area contributed by atoms with Gasteiger partial charge in [0.05, 0.1) is 7.11 Å². The second kappa shape index (κ2) is 5.64. The topological polar surface area (TPSA) is 29.5 Å². The van der Waals surface area contributed by atoms with Crippen LogP contribution in [0.5, 0.6) is 5.75 Å². The minimum atomic E-state index is -0.743. The van der Waals surface area contributed by atoms with Gasteiger partial charge in [-0.05, 0) is 43.2 Å². The highest BCUT2D eigenvalue weighted by molar-refractivity contribution is 6.31. The lowest BCUT2D eigenvalue weighted by molar-refractivity contribution is 0.214. The van der Waals surface area contributed by atoms with Gasteiger partial charge in [0.15, 0.2) is 0 Å². The average molecular weight is 277 g/mol. The number of hydrogen-bond donors (Lipinski definition) is 1. The number of ether oxygens (including phenoxy) is 1. The molecule has 0 aliphatic rings. The molecule has 0 saturated heterocycles. The Bertz CT molecular complexity index is 593. The van der Waals surface area contributed by atoms with E-state index in [1.807, 2.05) is 44.2 Å². The number of rotatable bonds is 3. The zero-order chi connectivity index (χ0) is 14.0. The smallest absolute Gasteiger partial charge is 0.125 e. The summed E-state index contributed by atoms with van der Waals surface area (Å²) in [6.45, 7) is 3.92. The summed E-state index contributed by atoms with van der Waals surface area (Å²) in [4.78, 5) is 0. The number of aliphatic hydroxyl groups is 1. The molecule has 0 spiro atoms. The summed E-state index contributed by atoms with van der Waals surface area (Å²) < 4.78 is 5.30. The van der Waals surface area contributed by atoms with Gasteiger partial charge in [0.25, 0.3) is 0 Å². The van der Waals surface area contributed by atoms with Crippen LogP contribution in [0.15, 0.2) is 36.4 Å². The first-order chi connectivity index (χ1) is 9.02. The van der Waals surface area contributed by atoms with E-state index < -0.39 is 6.10 Å². The van der Waals surface area contributed by atoms with Gasteiger partial charge in [-0.1, -0.05) is 35.4 Å². The second-order valence-electron chi connectivity index (χ2n) is 4.66. The van der Waals surface area contributed by atoms with Crippen molar-refractivity contribution < 1.29 is 9.84 Å². The van der Waals surface area contributed by atoms with E-state index in [0.717, 1.165) is 22.3 Å². The van der Waals surface area contributed by atoms with Crippen LogP contribution in [0, 0.1) is 13.8 Å². The predicted molar refractivity (Wildman–Crippen MR) is 78.0 cm³/mol. The molecule has 0 bridgehead atoms. The number of aliphatic hydroxyl groups excluding tert-OH is 1. The Hall–Kier alpha value is -1.51. The fourth-order valence-corrected chi connectivity index (χ4v) is 2.22. The van der Waals surface area contributed by atoms with Gasteiger partial charge in [-0.15, -0.1) is 0 Å². The van der Waals surface area contributed by atoms with Crippen LogP contribution in [0.1, 0.15) is 28.4 Å². The van der Waals surface area contributed by atoms with Crippen molar-refractivity contribution in [3.05, 3.63) is 63.7 Å². The molecule has 0 heterocycles. The molecule has 1 atom stereocenters. The van der Waals surface area contributed by atoms with E-state index in [2.05, 4.69) is 0 Å². The van der Waals surface area contributed by atoms with Crippen LogP contribution in [-0.4, -0.2) is 12.2 Å². The summed E-state index contributed by atoms with van der Waals surface area (Å²) in [5.41, 5.74) is 3.59. The van der Waals surface area contributed by atoms with Crippen molar-refractivity contribution >= 4 is 11.6 Å². The van der Waals surface area contributed by atoms with Crippen molar-refractivity contribution in [2.24, 2.45) is 0 Å². The van der Waals surface area contributed by atoms with E-state index in [9.17, 15) is 5.11 Å². The minimum Gasteiger partial charge on any atom is -0.496 e. The van der Waals surface area contributed by atoms with E-state index in [1.165, 1.54) is 0 Å². The van der Waals surface area contributed by atoms with E-state index in [0.29, 0.717) is 10.8 Å². The molecule has 19 heavy (non-hydrogen) atoms. The van der Waals surface area contributed by atoms with Crippen molar-refractivity contribution in [1.82, 2.24) is 0 Å². The number of aryl methyl sites for hydroxylation is 2. The average Bonchev–Trinajstić information content (AvgIpc) is 2.41. The van der Waals surface area contributed by atoms with Crippen LogP contribution in [0.4, 0.5) is 0 Å². The maximum absolute atomic E-state index is 10.5. The molecule has 0 radical (unpaired) electrons. The standard InChI is InChI=1S/C16H17ClO2/c1-10-4-7-15(19-3)13(8-10)16(18)12-6-5-11(2)14(17)9-12/h4-9,16,18H,1-3H3. The van der Waals surface area contributed by atoms with Gasteiger partial charge in [-0.3, -0.25) is 0 Å². The molecule has 2 nitrogen and oxygen atoms in total. The fourth-order valence-electron chi connectivity index (χ4n) is 2.03. The molecule has 0 fully saturated rings. The maximum atomic E-state index is 10.5. The third kappa shape index (κ3) is 2.91. The molecule has 0 amide bonds. The Balaban J connectivity index is 2.45. The molecule has 0 aromatic heterocycles. The van der Waals surface area contributed by atoms with Crippen molar-refractivity contribution in [2.75, 3.05) is 7.11 Å².